The fourth-order valence-corrected chi connectivity index (χ4v) is 2.02. The lowest BCUT2D eigenvalue weighted by atomic mass is 10.0. The summed E-state index contributed by atoms with van der Waals surface area (Å²) in [5, 5.41) is 0. The molecule has 0 spiro atoms. The Morgan fingerprint density at radius 2 is 1.81 bits per heavy atom. The topological polar surface area (TPSA) is 36.4 Å². The number of carbonyl (C=O) groups excluding carboxylic acids is 1. The van der Waals surface area contributed by atoms with Gasteiger partial charge >= 0.3 is 0 Å². The van der Waals surface area contributed by atoms with Gasteiger partial charge in [-0.3, -0.25) is 9.78 Å². The summed E-state index contributed by atoms with van der Waals surface area (Å²) in [5.74, 6) is -0.00523. The van der Waals surface area contributed by atoms with Crippen molar-refractivity contribution in [3.8, 4) is 11.1 Å². The number of hydrogen-bond acceptors (Lipinski definition) is 3. The van der Waals surface area contributed by atoms with Crippen LogP contribution in [0.3, 0.4) is 0 Å². The normalized spacial score (nSPS) is 10.7. The van der Waals surface area contributed by atoms with Crippen molar-refractivity contribution in [1.29, 1.82) is 0 Å². The number of hydrogen-bond donors (Lipinski definition) is 0. The van der Waals surface area contributed by atoms with E-state index in [9.17, 15) is 4.79 Å². The second kappa shape index (κ2) is 6.99. The molecule has 0 atom stereocenters. The number of pyridine rings is 1. The van der Waals surface area contributed by atoms with Crippen LogP contribution in [0, 0.1) is 6.20 Å². The Morgan fingerprint density at radius 3 is 2.48 bits per heavy atom. The zero-order valence-corrected chi connectivity index (χ0v) is 12.7. The van der Waals surface area contributed by atoms with Crippen molar-refractivity contribution < 1.29 is 4.79 Å². The third kappa shape index (κ3) is 3.89. The van der Waals surface area contributed by atoms with Gasteiger partial charge in [-0.2, -0.15) is 0 Å². The van der Waals surface area contributed by atoms with Crippen LogP contribution in [-0.4, -0.2) is 54.9 Å². The second-order valence-electron chi connectivity index (χ2n) is 5.24. The molecule has 1 amide bonds. The predicted octanol–water partition coefficient (Wildman–Crippen LogP) is 2.18. The summed E-state index contributed by atoms with van der Waals surface area (Å²) in [4.78, 5) is 20.4. The Bertz CT molecular complexity index is 596. The monoisotopic (exact) mass is 282 g/mol. The van der Waals surface area contributed by atoms with Crippen LogP contribution < -0.4 is 0 Å². The van der Waals surface area contributed by atoms with Gasteiger partial charge in [-0.1, -0.05) is 30.3 Å². The molecule has 1 radical (unpaired) electrons. The first kappa shape index (κ1) is 15.2. The summed E-state index contributed by atoms with van der Waals surface area (Å²) in [6, 6.07) is 11.5. The van der Waals surface area contributed by atoms with Gasteiger partial charge in [-0.15, -0.1) is 0 Å². The van der Waals surface area contributed by atoms with E-state index in [1.54, 1.807) is 17.2 Å². The van der Waals surface area contributed by atoms with E-state index in [0.717, 1.165) is 17.7 Å². The van der Waals surface area contributed by atoms with Crippen LogP contribution in [0.15, 0.2) is 42.6 Å². The Labute approximate surface area is 126 Å². The number of likely N-dealkylation sites (N-methyl/N-ethyl adjacent to an activating group) is 2. The molecule has 1 aromatic heterocycles. The molecule has 1 aromatic carbocycles. The van der Waals surface area contributed by atoms with Crippen LogP contribution in [-0.2, 0) is 0 Å². The van der Waals surface area contributed by atoms with E-state index < -0.39 is 0 Å². The number of amides is 1. The van der Waals surface area contributed by atoms with Crippen LogP contribution in [0.25, 0.3) is 11.1 Å². The summed E-state index contributed by atoms with van der Waals surface area (Å²) in [7, 11) is 5.81. The quantitative estimate of drug-likeness (QED) is 0.843. The molecule has 0 bridgehead atoms. The van der Waals surface area contributed by atoms with Gasteiger partial charge in [-0.05, 0) is 25.7 Å². The lowest BCUT2D eigenvalue weighted by Gasteiger charge is -2.20. The average molecular weight is 282 g/mol. The van der Waals surface area contributed by atoms with Gasteiger partial charge in [0.25, 0.3) is 5.91 Å². The van der Waals surface area contributed by atoms with Crippen LogP contribution in [0.2, 0.25) is 0 Å². The van der Waals surface area contributed by atoms with E-state index in [4.69, 9.17) is 0 Å². The van der Waals surface area contributed by atoms with Crippen molar-refractivity contribution >= 4 is 5.91 Å². The van der Waals surface area contributed by atoms with Gasteiger partial charge in [0.1, 0.15) is 0 Å². The lowest BCUT2D eigenvalue weighted by Crippen LogP contribution is -2.33. The highest BCUT2D eigenvalue weighted by molar-refractivity contribution is 6.00. The van der Waals surface area contributed by atoms with E-state index in [0.29, 0.717) is 12.1 Å². The summed E-state index contributed by atoms with van der Waals surface area (Å²) >= 11 is 0. The smallest absolute Gasteiger partial charge is 0.254 e. The molecule has 0 N–H and O–H groups in total. The number of benzene rings is 1. The maximum absolute atomic E-state index is 12.6. The van der Waals surface area contributed by atoms with Crippen molar-refractivity contribution in [2.75, 3.05) is 34.2 Å². The van der Waals surface area contributed by atoms with Gasteiger partial charge in [0.2, 0.25) is 0 Å². The minimum atomic E-state index is -0.00523. The largest absolute Gasteiger partial charge is 0.340 e. The third-order valence-corrected chi connectivity index (χ3v) is 3.28. The molecule has 0 aliphatic heterocycles. The molecule has 2 aromatic rings. The third-order valence-electron chi connectivity index (χ3n) is 3.28. The zero-order valence-electron chi connectivity index (χ0n) is 12.7. The number of carbonyl (C=O) groups is 1. The molecule has 0 fully saturated rings. The van der Waals surface area contributed by atoms with E-state index >= 15 is 0 Å². The summed E-state index contributed by atoms with van der Waals surface area (Å²) < 4.78 is 0. The molecular formula is C17H20N3O. The predicted molar refractivity (Wildman–Crippen MR) is 84.0 cm³/mol. The fourth-order valence-electron chi connectivity index (χ4n) is 2.02. The maximum atomic E-state index is 12.6. The van der Waals surface area contributed by atoms with E-state index in [-0.39, 0.29) is 5.91 Å². The fraction of sp³-hybridized carbons (Fsp3) is 0.294. The zero-order chi connectivity index (χ0) is 15.2. The van der Waals surface area contributed by atoms with Gasteiger partial charge in [-0.25, -0.2) is 0 Å². The highest BCUT2D eigenvalue weighted by Gasteiger charge is 2.16. The molecule has 4 nitrogen and oxygen atoms in total. The van der Waals surface area contributed by atoms with Gasteiger partial charge < -0.3 is 9.80 Å². The molecule has 0 aliphatic carbocycles. The Kier molecular flexibility index (Phi) is 5.06. The second-order valence-corrected chi connectivity index (χ2v) is 5.24. The number of aromatic nitrogens is 1. The number of nitrogens with zero attached hydrogens (tertiary/aromatic N) is 3. The average Bonchev–Trinajstić information content (AvgIpc) is 2.52. The van der Waals surface area contributed by atoms with Crippen LogP contribution in [0.5, 0.6) is 0 Å². The first-order valence-electron chi connectivity index (χ1n) is 6.92. The first-order chi connectivity index (χ1) is 10.1. The van der Waals surface area contributed by atoms with Gasteiger partial charge in [0, 0.05) is 31.9 Å². The molecular weight excluding hydrogens is 262 g/mol. The summed E-state index contributed by atoms with van der Waals surface area (Å²) in [5.41, 5.74) is 2.34. The van der Waals surface area contributed by atoms with E-state index in [2.05, 4.69) is 16.1 Å². The van der Waals surface area contributed by atoms with Crippen molar-refractivity contribution in [3.63, 3.8) is 0 Å². The van der Waals surface area contributed by atoms with Gasteiger partial charge in [0.15, 0.2) is 0 Å². The van der Waals surface area contributed by atoms with Crippen LogP contribution >= 0.6 is 0 Å². The minimum Gasteiger partial charge on any atom is -0.340 e. The van der Waals surface area contributed by atoms with Gasteiger partial charge in [0.05, 0.1) is 11.8 Å². The minimum absolute atomic E-state index is 0.00523. The van der Waals surface area contributed by atoms with E-state index in [1.165, 1.54) is 0 Å². The first-order valence-corrected chi connectivity index (χ1v) is 6.92. The standard InChI is InChI=1S/C17H20N3O/c1-19(2)11-12-20(3)17(21)15-9-10-18-13-16(15)14-7-5-4-6-8-14/h4-10H,11-12H2,1-3H3. The maximum Gasteiger partial charge on any atom is 0.254 e. The number of rotatable bonds is 5. The lowest BCUT2D eigenvalue weighted by molar-refractivity contribution is 0.0787. The van der Waals surface area contributed by atoms with Crippen molar-refractivity contribution in [2.45, 2.75) is 0 Å². The van der Waals surface area contributed by atoms with Crippen LogP contribution in [0.1, 0.15) is 10.4 Å². The SMILES string of the molecule is CN(C)CCN(C)C(=O)c1ccn[c]c1-c1ccccc1. The molecule has 4 heteroatoms. The molecule has 109 valence electrons. The summed E-state index contributed by atoms with van der Waals surface area (Å²) in [6.07, 6.45) is 4.56. The molecule has 0 saturated carbocycles. The summed E-state index contributed by atoms with van der Waals surface area (Å²) in [6.45, 7) is 1.51. The molecule has 0 unspecified atom stereocenters. The Morgan fingerprint density at radius 1 is 1.10 bits per heavy atom. The van der Waals surface area contributed by atoms with E-state index in [1.807, 2.05) is 51.5 Å². The van der Waals surface area contributed by atoms with Crippen molar-refractivity contribution in [1.82, 2.24) is 14.8 Å². The molecule has 21 heavy (non-hydrogen) atoms. The highest BCUT2D eigenvalue weighted by atomic mass is 16.2. The van der Waals surface area contributed by atoms with Crippen LogP contribution in [0.4, 0.5) is 0 Å². The molecule has 2 rings (SSSR count). The molecule has 0 saturated heterocycles. The highest BCUT2D eigenvalue weighted by Crippen LogP contribution is 2.22. The van der Waals surface area contributed by atoms with Crippen molar-refractivity contribution in [3.05, 3.63) is 54.4 Å². The Balaban J connectivity index is 2.26. The molecule has 0 aliphatic rings. The van der Waals surface area contributed by atoms with Crippen molar-refractivity contribution in [2.24, 2.45) is 0 Å². The molecule has 1 heterocycles. The Hall–Kier alpha value is -2.20.